The fourth-order valence-corrected chi connectivity index (χ4v) is 21.3. The molecule has 558 valence electrons. The molecule has 0 unspecified atom stereocenters. The van der Waals surface area contributed by atoms with Crippen molar-refractivity contribution in [1.82, 2.24) is 43.6 Å². The molecule has 0 spiro atoms. The summed E-state index contributed by atoms with van der Waals surface area (Å²) in [6.07, 6.45) is 0. The molecule has 0 aliphatic heterocycles. The van der Waals surface area contributed by atoms with Crippen LogP contribution in [0, 0.1) is 0 Å². The fourth-order valence-electron chi connectivity index (χ4n) is 18.7. The lowest BCUT2D eigenvalue weighted by Crippen LogP contribution is -2.14. The number of aromatic nitrogens is 9. The summed E-state index contributed by atoms with van der Waals surface area (Å²) in [7, 11) is 0. The van der Waals surface area contributed by atoms with Crippen LogP contribution in [0.5, 0.6) is 0 Å². The Morgan fingerprint density at radius 3 is 1.17 bits per heavy atom. The quantitative estimate of drug-likeness (QED) is 0.160. The number of fused-ring (bicyclic) bond motifs is 30. The highest BCUT2D eigenvalue weighted by molar-refractivity contribution is 7.33. The second-order valence-electron chi connectivity index (χ2n) is 31.0. The van der Waals surface area contributed by atoms with E-state index in [1.165, 1.54) is 84.8 Å². The molecule has 0 saturated heterocycles. The Morgan fingerprint density at radius 2 is 0.639 bits per heavy atom. The maximum Gasteiger partial charge on any atom is 0.236 e. The predicted octanol–water partition coefficient (Wildman–Crippen LogP) is 28.5. The maximum atomic E-state index is 6.84. The van der Waals surface area contributed by atoms with E-state index in [2.05, 4.69) is 307 Å². The molecule has 0 fully saturated rings. The van der Waals surface area contributed by atoms with Crippen LogP contribution in [0.1, 0.15) is 25.0 Å². The molecule has 1 aliphatic rings. The van der Waals surface area contributed by atoms with Gasteiger partial charge in [0.05, 0.1) is 63.8 Å². The molecule has 0 bridgehead atoms. The zero-order chi connectivity index (χ0) is 78.3. The molecule has 0 radical (unpaired) electrons. The molecule has 0 saturated carbocycles. The SMILES string of the molecule is CC1(C)c2ccccc2-c2c1ccc1c2oc2c(-c3ccccc3)nc(-n3c4ccccc4c4ccccc43)nc21.c1ccc(-c2nc(-n3c4ccccc4c4ccccc43)nc3c2oc2c3ccc3oc4ccccc4c32)cc1.c1ccc(-c2nc(-n3c4ccccc4c4ccccc43)nc3c2sc2c3ccc3c4ccccc4sc32)cc1. The Morgan fingerprint density at radius 1 is 0.252 bits per heavy atom. The van der Waals surface area contributed by atoms with Gasteiger partial charge in [0.15, 0.2) is 11.2 Å². The molecule has 15 aromatic carbocycles. The number of hydrogen-bond acceptors (Lipinski definition) is 11. The molecular formula is C105H63N9O3S2. The van der Waals surface area contributed by atoms with Gasteiger partial charge in [0.1, 0.15) is 44.8 Å². The van der Waals surface area contributed by atoms with E-state index in [9.17, 15) is 0 Å². The number of benzene rings is 15. The highest BCUT2D eigenvalue weighted by atomic mass is 32.1. The van der Waals surface area contributed by atoms with E-state index in [1.807, 2.05) is 89.4 Å². The lowest BCUT2D eigenvalue weighted by molar-refractivity contribution is 0.652. The maximum absolute atomic E-state index is 6.84. The van der Waals surface area contributed by atoms with Gasteiger partial charge in [-0.25, -0.2) is 29.9 Å². The Labute approximate surface area is 685 Å². The smallest absolute Gasteiger partial charge is 0.236 e. The highest BCUT2D eigenvalue weighted by Gasteiger charge is 2.38. The van der Waals surface area contributed by atoms with Crippen molar-refractivity contribution in [3.8, 4) is 62.7 Å². The van der Waals surface area contributed by atoms with E-state index >= 15 is 0 Å². The molecule has 11 aromatic heterocycles. The first-order valence-corrected chi connectivity index (χ1v) is 41.5. The third kappa shape index (κ3) is 10.0. The van der Waals surface area contributed by atoms with Crippen LogP contribution in [-0.2, 0) is 5.41 Å². The van der Waals surface area contributed by atoms with Crippen LogP contribution in [0.3, 0.4) is 0 Å². The van der Waals surface area contributed by atoms with E-state index in [4.69, 9.17) is 43.2 Å². The van der Waals surface area contributed by atoms with Crippen LogP contribution in [0.25, 0.3) is 235 Å². The summed E-state index contributed by atoms with van der Waals surface area (Å²) < 4.78 is 31.3. The molecule has 27 rings (SSSR count). The van der Waals surface area contributed by atoms with Crippen molar-refractivity contribution in [2.75, 3.05) is 0 Å². The van der Waals surface area contributed by atoms with E-state index in [1.54, 1.807) is 0 Å². The van der Waals surface area contributed by atoms with Crippen LogP contribution < -0.4 is 0 Å². The second-order valence-corrected chi connectivity index (χ2v) is 33.1. The number of para-hydroxylation sites is 7. The van der Waals surface area contributed by atoms with Crippen molar-refractivity contribution in [3.63, 3.8) is 0 Å². The monoisotopic (exact) mass is 1560 g/mol. The summed E-state index contributed by atoms with van der Waals surface area (Å²) in [6, 6.07) is 120. The number of thiophene rings is 2. The van der Waals surface area contributed by atoms with E-state index in [-0.39, 0.29) is 5.41 Å². The van der Waals surface area contributed by atoms with Gasteiger partial charge in [-0.3, -0.25) is 13.7 Å². The lowest BCUT2D eigenvalue weighted by Gasteiger charge is -2.21. The zero-order valence-electron chi connectivity index (χ0n) is 64.0. The summed E-state index contributed by atoms with van der Waals surface area (Å²) in [6.45, 7) is 4.59. The first-order valence-electron chi connectivity index (χ1n) is 39.9. The third-order valence-electron chi connectivity index (χ3n) is 24.1. The number of hydrogen-bond donors (Lipinski definition) is 0. The van der Waals surface area contributed by atoms with Crippen LogP contribution in [0.15, 0.2) is 359 Å². The average Bonchev–Trinajstić information content (AvgIpc) is 1.54. The molecule has 12 nitrogen and oxygen atoms in total. The summed E-state index contributed by atoms with van der Waals surface area (Å²) in [5, 5.41) is 14.9. The Balaban J connectivity index is 0.0000000992. The van der Waals surface area contributed by atoms with Gasteiger partial charge in [-0.15, -0.1) is 22.7 Å². The number of rotatable bonds is 6. The van der Waals surface area contributed by atoms with Gasteiger partial charge < -0.3 is 13.3 Å². The van der Waals surface area contributed by atoms with Crippen molar-refractivity contribution < 1.29 is 13.3 Å². The highest BCUT2D eigenvalue weighted by Crippen LogP contribution is 2.54. The molecule has 1 aliphatic carbocycles. The van der Waals surface area contributed by atoms with E-state index in [0.717, 1.165) is 132 Å². The largest absolute Gasteiger partial charge is 0.456 e. The van der Waals surface area contributed by atoms with Gasteiger partial charge in [-0.1, -0.05) is 293 Å². The first kappa shape index (κ1) is 67.1. The Hall–Kier alpha value is -15.2. The average molecular weight is 1560 g/mol. The zero-order valence-corrected chi connectivity index (χ0v) is 65.6. The van der Waals surface area contributed by atoms with Gasteiger partial charge in [-0.05, 0) is 83.4 Å². The van der Waals surface area contributed by atoms with Crippen molar-refractivity contribution >= 4 is 195 Å². The second kappa shape index (κ2) is 25.9. The molecule has 26 aromatic rings. The van der Waals surface area contributed by atoms with Gasteiger partial charge in [-0.2, -0.15) is 0 Å². The minimum absolute atomic E-state index is 0.110. The number of furan rings is 3. The molecule has 14 heteroatoms. The molecular weight excluding hydrogens is 1500 g/mol. The summed E-state index contributed by atoms with van der Waals surface area (Å²) in [5.41, 5.74) is 24.3. The van der Waals surface area contributed by atoms with Gasteiger partial charge in [0.25, 0.3) is 0 Å². The number of nitrogens with zero attached hydrogens (tertiary/aromatic N) is 9. The standard InChI is InChI=1S/C37H25N3O.C34H19N3O2.C34H19N3S2/c1-37(2)27-17-9-6-16-25(27)31-28(37)21-20-26-33-35(41-34(26)31)32(22-12-4-3-5-13-22)38-36(39-33)40-29-18-10-7-14-23(29)24-15-8-11-19-30(24)40;1-2-10-20(11-3-1)30-33-31(24-18-19-28-29(32(24)39-33)23-14-6-9-17-27(23)38-28)36-34(35-30)37-25-15-7-4-12-21(25)22-13-5-8-16-26(22)37;1-2-10-20(11-3-1)29-33-30(25-19-18-24-23-14-6-9-17-28(23)38-31(24)32(25)39-33)36-34(35-29)37-26-15-7-4-12-21(26)22-13-5-8-16-27(22)37/h3-21H,1-2H3;2*1-19H. The molecule has 0 atom stereocenters. The molecule has 0 N–H and O–H groups in total. The van der Waals surface area contributed by atoms with Crippen LogP contribution in [-0.4, -0.2) is 43.6 Å². The molecule has 11 heterocycles. The molecule has 0 amide bonds. The van der Waals surface area contributed by atoms with Crippen molar-refractivity contribution in [1.29, 1.82) is 0 Å². The fraction of sp³-hybridized carbons (Fsp3) is 0.0286. The third-order valence-corrected chi connectivity index (χ3v) is 26.7. The van der Waals surface area contributed by atoms with Crippen LogP contribution >= 0.6 is 22.7 Å². The van der Waals surface area contributed by atoms with E-state index < -0.39 is 0 Å². The van der Waals surface area contributed by atoms with Crippen molar-refractivity contribution in [2.45, 2.75) is 19.3 Å². The van der Waals surface area contributed by atoms with E-state index in [0.29, 0.717) is 29.0 Å². The lowest BCUT2D eigenvalue weighted by atomic mass is 9.82. The minimum atomic E-state index is -0.110. The van der Waals surface area contributed by atoms with Gasteiger partial charge in [0, 0.05) is 97.0 Å². The Bertz CT molecular complexity index is 8580. The van der Waals surface area contributed by atoms with Crippen molar-refractivity contribution in [2.24, 2.45) is 0 Å². The first-order chi connectivity index (χ1) is 58.8. The summed E-state index contributed by atoms with van der Waals surface area (Å²) >= 11 is 3.69. The van der Waals surface area contributed by atoms with Crippen molar-refractivity contribution in [3.05, 3.63) is 357 Å². The van der Waals surface area contributed by atoms with Crippen LogP contribution in [0.2, 0.25) is 0 Å². The molecule has 119 heavy (non-hydrogen) atoms. The minimum Gasteiger partial charge on any atom is -0.456 e. The normalized spacial score (nSPS) is 12.7. The van der Waals surface area contributed by atoms with Crippen LogP contribution in [0.4, 0.5) is 0 Å². The van der Waals surface area contributed by atoms with Gasteiger partial charge in [0.2, 0.25) is 17.8 Å². The predicted molar refractivity (Wildman–Crippen MR) is 491 cm³/mol. The van der Waals surface area contributed by atoms with Gasteiger partial charge >= 0.3 is 0 Å². The summed E-state index contributed by atoms with van der Waals surface area (Å²) in [4.78, 5) is 31.5. The topological polar surface area (TPSA) is 132 Å². The Kier molecular flexibility index (Phi) is 14.6. The summed E-state index contributed by atoms with van der Waals surface area (Å²) in [5.74, 6) is 1.95.